The van der Waals surface area contributed by atoms with Crippen LogP contribution in [0.5, 0.6) is 0 Å². The fourth-order valence-corrected chi connectivity index (χ4v) is 2.41. The fourth-order valence-electron chi connectivity index (χ4n) is 2.17. The second-order valence-corrected chi connectivity index (χ2v) is 5.37. The van der Waals surface area contributed by atoms with Gasteiger partial charge in [0.1, 0.15) is 23.2 Å². The smallest absolute Gasteiger partial charge is 0.134 e. The number of halogens is 2. The summed E-state index contributed by atoms with van der Waals surface area (Å²) in [4.78, 5) is 4.37. The Kier molecular flexibility index (Phi) is 3.54. The van der Waals surface area contributed by atoms with Gasteiger partial charge in [0.2, 0.25) is 0 Å². The van der Waals surface area contributed by atoms with E-state index < -0.39 is 0 Å². The zero-order valence-electron chi connectivity index (χ0n) is 10.7. The Labute approximate surface area is 123 Å². The van der Waals surface area contributed by atoms with Gasteiger partial charge in [0.25, 0.3) is 0 Å². The molecule has 0 radical (unpaired) electrons. The number of nitrogens with zero attached hydrogens (tertiary/aromatic N) is 1. The van der Waals surface area contributed by atoms with E-state index in [1.807, 2.05) is 25.2 Å². The van der Waals surface area contributed by atoms with E-state index in [-0.39, 0.29) is 11.9 Å². The summed E-state index contributed by atoms with van der Waals surface area (Å²) in [5.41, 5.74) is 1.51. The summed E-state index contributed by atoms with van der Waals surface area (Å²) in [6, 6.07) is 10.00. The maximum absolute atomic E-state index is 13.2. The molecule has 5 heteroatoms. The summed E-state index contributed by atoms with van der Waals surface area (Å²) in [6.45, 7) is 0. The van der Waals surface area contributed by atoms with Crippen molar-refractivity contribution in [1.29, 1.82) is 0 Å². The van der Waals surface area contributed by atoms with Gasteiger partial charge in [0, 0.05) is 16.1 Å². The van der Waals surface area contributed by atoms with Crippen molar-refractivity contribution in [3.8, 4) is 0 Å². The molecule has 1 aromatic carbocycles. The Morgan fingerprint density at radius 3 is 2.80 bits per heavy atom. The van der Waals surface area contributed by atoms with Crippen LogP contribution in [0.3, 0.4) is 0 Å². The number of aromatic nitrogens is 1. The van der Waals surface area contributed by atoms with E-state index in [1.54, 1.807) is 12.3 Å². The molecule has 3 aromatic rings. The summed E-state index contributed by atoms with van der Waals surface area (Å²) in [5, 5.41) is 3.91. The molecule has 0 aliphatic heterocycles. The van der Waals surface area contributed by atoms with Gasteiger partial charge in [-0.05, 0) is 59.4 Å². The van der Waals surface area contributed by atoms with E-state index in [4.69, 9.17) is 4.42 Å². The summed E-state index contributed by atoms with van der Waals surface area (Å²) >= 11 is 3.36. The summed E-state index contributed by atoms with van der Waals surface area (Å²) < 4.78 is 19.9. The number of furan rings is 1. The average molecular weight is 335 g/mol. The quantitative estimate of drug-likeness (QED) is 0.785. The van der Waals surface area contributed by atoms with Crippen LogP contribution in [0.15, 0.2) is 51.5 Å². The van der Waals surface area contributed by atoms with Gasteiger partial charge in [0.15, 0.2) is 0 Å². The van der Waals surface area contributed by atoms with Crippen LogP contribution in [0.25, 0.3) is 11.0 Å². The predicted molar refractivity (Wildman–Crippen MR) is 79.0 cm³/mol. The van der Waals surface area contributed by atoms with Gasteiger partial charge in [-0.25, -0.2) is 4.39 Å². The highest BCUT2D eigenvalue weighted by Crippen LogP contribution is 2.28. The van der Waals surface area contributed by atoms with E-state index >= 15 is 0 Å². The monoisotopic (exact) mass is 334 g/mol. The van der Waals surface area contributed by atoms with Crippen molar-refractivity contribution < 1.29 is 8.81 Å². The minimum Gasteiger partial charge on any atom is -0.459 e. The molecule has 0 saturated carbocycles. The molecular formula is C15H12BrFN2O. The number of hydrogen-bond donors (Lipinski definition) is 1. The van der Waals surface area contributed by atoms with Crippen molar-refractivity contribution in [2.24, 2.45) is 0 Å². The standard InChI is InChI=1S/C15H12BrFN2O/c1-18-15(12-4-2-10(16)8-19-12)14-7-9-6-11(17)3-5-13(9)20-14/h2-8,15,18H,1H3. The van der Waals surface area contributed by atoms with Crippen LogP contribution in [-0.4, -0.2) is 12.0 Å². The molecule has 2 heterocycles. The van der Waals surface area contributed by atoms with Crippen molar-refractivity contribution in [1.82, 2.24) is 10.3 Å². The van der Waals surface area contributed by atoms with Crippen molar-refractivity contribution >= 4 is 26.9 Å². The largest absolute Gasteiger partial charge is 0.459 e. The number of rotatable bonds is 3. The molecule has 0 aliphatic rings. The van der Waals surface area contributed by atoms with Gasteiger partial charge in [0.05, 0.1) is 5.69 Å². The Balaban J connectivity index is 2.04. The minimum absolute atomic E-state index is 0.168. The molecule has 1 unspecified atom stereocenters. The van der Waals surface area contributed by atoms with E-state index in [9.17, 15) is 4.39 Å². The first-order chi connectivity index (χ1) is 9.67. The van der Waals surface area contributed by atoms with Crippen LogP contribution in [0.1, 0.15) is 17.5 Å². The van der Waals surface area contributed by atoms with Gasteiger partial charge in [-0.1, -0.05) is 0 Å². The molecule has 2 aromatic heterocycles. The molecule has 1 atom stereocenters. The Morgan fingerprint density at radius 2 is 2.10 bits per heavy atom. The molecular weight excluding hydrogens is 323 g/mol. The maximum atomic E-state index is 13.2. The summed E-state index contributed by atoms with van der Waals surface area (Å²) in [6.07, 6.45) is 1.74. The zero-order valence-corrected chi connectivity index (χ0v) is 12.3. The molecule has 102 valence electrons. The van der Waals surface area contributed by atoms with E-state index in [1.165, 1.54) is 12.1 Å². The summed E-state index contributed by atoms with van der Waals surface area (Å²) in [5.74, 6) is 0.440. The molecule has 0 bridgehead atoms. The second kappa shape index (κ2) is 5.34. The lowest BCUT2D eigenvalue weighted by Crippen LogP contribution is -2.18. The number of pyridine rings is 1. The molecule has 0 amide bonds. The van der Waals surface area contributed by atoms with Crippen LogP contribution in [-0.2, 0) is 0 Å². The Morgan fingerprint density at radius 1 is 1.25 bits per heavy atom. The third kappa shape index (κ3) is 2.46. The summed E-state index contributed by atoms with van der Waals surface area (Å²) in [7, 11) is 1.84. The zero-order chi connectivity index (χ0) is 14.1. The van der Waals surface area contributed by atoms with Gasteiger partial charge in [-0.15, -0.1) is 0 Å². The lowest BCUT2D eigenvalue weighted by Gasteiger charge is -2.12. The van der Waals surface area contributed by atoms with Gasteiger partial charge < -0.3 is 9.73 Å². The molecule has 0 spiro atoms. The average Bonchev–Trinajstić information content (AvgIpc) is 2.84. The molecule has 1 N–H and O–H groups in total. The molecule has 3 rings (SSSR count). The number of nitrogens with one attached hydrogen (secondary N) is 1. The minimum atomic E-state index is -0.271. The van der Waals surface area contributed by atoms with Crippen LogP contribution < -0.4 is 5.32 Å². The topological polar surface area (TPSA) is 38.1 Å². The van der Waals surface area contributed by atoms with Crippen LogP contribution in [0.4, 0.5) is 4.39 Å². The molecule has 3 nitrogen and oxygen atoms in total. The van der Waals surface area contributed by atoms with Crippen molar-refractivity contribution in [2.75, 3.05) is 7.05 Å². The highest BCUT2D eigenvalue weighted by atomic mass is 79.9. The Hall–Kier alpha value is -1.72. The van der Waals surface area contributed by atoms with Crippen molar-refractivity contribution in [3.05, 3.63) is 64.3 Å². The van der Waals surface area contributed by atoms with Gasteiger partial charge in [-0.2, -0.15) is 0 Å². The first-order valence-corrected chi connectivity index (χ1v) is 6.94. The van der Waals surface area contributed by atoms with Gasteiger partial charge >= 0.3 is 0 Å². The molecule has 0 fully saturated rings. The number of benzene rings is 1. The Bertz CT molecular complexity index is 739. The number of hydrogen-bond acceptors (Lipinski definition) is 3. The fraction of sp³-hybridized carbons (Fsp3) is 0.133. The van der Waals surface area contributed by atoms with E-state index in [0.717, 1.165) is 15.6 Å². The second-order valence-electron chi connectivity index (χ2n) is 4.45. The van der Waals surface area contributed by atoms with E-state index in [0.29, 0.717) is 11.3 Å². The molecule has 20 heavy (non-hydrogen) atoms. The van der Waals surface area contributed by atoms with Crippen molar-refractivity contribution in [2.45, 2.75) is 6.04 Å². The van der Waals surface area contributed by atoms with Crippen LogP contribution in [0, 0.1) is 5.82 Å². The third-order valence-corrected chi connectivity index (χ3v) is 3.59. The number of fused-ring (bicyclic) bond motifs is 1. The maximum Gasteiger partial charge on any atom is 0.134 e. The van der Waals surface area contributed by atoms with Crippen LogP contribution in [0.2, 0.25) is 0 Å². The normalized spacial score (nSPS) is 12.8. The third-order valence-electron chi connectivity index (χ3n) is 3.12. The van der Waals surface area contributed by atoms with E-state index in [2.05, 4.69) is 26.2 Å². The highest BCUT2D eigenvalue weighted by molar-refractivity contribution is 9.10. The predicted octanol–water partition coefficient (Wildman–Crippen LogP) is 4.04. The lowest BCUT2D eigenvalue weighted by molar-refractivity contribution is 0.485. The molecule has 0 saturated heterocycles. The molecule has 0 aliphatic carbocycles. The lowest BCUT2D eigenvalue weighted by atomic mass is 10.1. The van der Waals surface area contributed by atoms with Crippen molar-refractivity contribution in [3.63, 3.8) is 0 Å². The van der Waals surface area contributed by atoms with Crippen LogP contribution >= 0.6 is 15.9 Å². The highest BCUT2D eigenvalue weighted by Gasteiger charge is 2.18. The first kappa shape index (κ1) is 13.3. The van der Waals surface area contributed by atoms with Gasteiger partial charge in [-0.3, -0.25) is 4.98 Å². The SMILES string of the molecule is CNC(c1ccc(Br)cn1)c1cc2cc(F)ccc2o1. The first-order valence-electron chi connectivity index (χ1n) is 6.15.